The summed E-state index contributed by atoms with van der Waals surface area (Å²) in [5, 5.41) is 3.17. The molecule has 0 spiro atoms. The van der Waals surface area contributed by atoms with Crippen LogP contribution < -0.4 is 5.32 Å². The lowest BCUT2D eigenvalue weighted by Gasteiger charge is -2.06. The Morgan fingerprint density at radius 1 is 1.32 bits per heavy atom. The molecular formula is C15H10BrClFN3O. The normalized spacial score (nSPS) is 10.9. The summed E-state index contributed by atoms with van der Waals surface area (Å²) < 4.78 is 16.1. The number of nitrogens with one attached hydrogen (secondary N) is 1. The van der Waals surface area contributed by atoms with Gasteiger partial charge in [-0.1, -0.05) is 27.5 Å². The van der Waals surface area contributed by atoms with Gasteiger partial charge in [0.1, 0.15) is 5.82 Å². The number of carbonyl (C=O) groups excluding carboxylic acids is 1. The summed E-state index contributed by atoms with van der Waals surface area (Å²) in [7, 11) is 1.76. The first kappa shape index (κ1) is 15.0. The fourth-order valence-corrected chi connectivity index (χ4v) is 2.65. The predicted molar refractivity (Wildman–Crippen MR) is 87.8 cm³/mol. The molecular weight excluding hydrogens is 373 g/mol. The van der Waals surface area contributed by atoms with Gasteiger partial charge < -0.3 is 4.57 Å². The summed E-state index contributed by atoms with van der Waals surface area (Å²) in [4.78, 5) is 16.5. The van der Waals surface area contributed by atoms with Crippen LogP contribution in [0.1, 0.15) is 10.4 Å². The summed E-state index contributed by atoms with van der Waals surface area (Å²) in [6, 6.07) is 9.43. The maximum atomic E-state index is 13.8. The maximum Gasteiger partial charge on any atom is 0.260 e. The second kappa shape index (κ2) is 5.70. The van der Waals surface area contributed by atoms with Gasteiger partial charge in [0.2, 0.25) is 5.95 Å². The first-order chi connectivity index (χ1) is 10.5. The minimum atomic E-state index is -0.595. The third kappa shape index (κ3) is 2.71. The number of amides is 1. The summed E-state index contributed by atoms with van der Waals surface area (Å²) in [5.74, 6) is -0.840. The molecule has 4 nitrogen and oxygen atoms in total. The van der Waals surface area contributed by atoms with E-state index in [0.717, 1.165) is 5.52 Å². The average molecular weight is 383 g/mol. The number of hydrogen-bond donors (Lipinski definition) is 1. The molecule has 2 aromatic carbocycles. The lowest BCUT2D eigenvalue weighted by atomic mass is 10.2. The van der Waals surface area contributed by atoms with Crippen molar-refractivity contribution < 1.29 is 9.18 Å². The van der Waals surface area contributed by atoms with Crippen LogP contribution in [0.2, 0.25) is 5.02 Å². The van der Waals surface area contributed by atoms with E-state index in [4.69, 9.17) is 11.6 Å². The lowest BCUT2D eigenvalue weighted by Crippen LogP contribution is -2.16. The van der Waals surface area contributed by atoms with E-state index < -0.39 is 11.7 Å². The van der Waals surface area contributed by atoms with Crippen molar-refractivity contribution in [3.05, 3.63) is 57.3 Å². The Kier molecular flexibility index (Phi) is 3.88. The fourth-order valence-electron chi connectivity index (χ4n) is 2.13. The summed E-state index contributed by atoms with van der Waals surface area (Å²) in [6.07, 6.45) is 0. The molecule has 7 heteroatoms. The molecule has 0 aliphatic carbocycles. The van der Waals surface area contributed by atoms with Gasteiger partial charge in [-0.25, -0.2) is 9.37 Å². The second-order valence-electron chi connectivity index (χ2n) is 4.71. The highest BCUT2D eigenvalue weighted by Gasteiger charge is 2.16. The van der Waals surface area contributed by atoms with Crippen molar-refractivity contribution in [1.29, 1.82) is 0 Å². The van der Waals surface area contributed by atoms with Crippen molar-refractivity contribution in [1.82, 2.24) is 9.55 Å². The number of carbonyl (C=O) groups is 1. The number of aryl methyl sites for hydroxylation is 1. The van der Waals surface area contributed by atoms with Gasteiger partial charge in [0.05, 0.1) is 16.6 Å². The molecule has 0 fully saturated rings. The van der Waals surface area contributed by atoms with Crippen LogP contribution in [0.4, 0.5) is 10.3 Å². The van der Waals surface area contributed by atoms with Gasteiger partial charge in [-0.3, -0.25) is 10.1 Å². The van der Waals surface area contributed by atoms with E-state index in [1.807, 2.05) is 0 Å². The number of imidazole rings is 1. The average Bonchev–Trinajstić information content (AvgIpc) is 2.77. The van der Waals surface area contributed by atoms with Crippen LogP contribution in [0, 0.1) is 5.82 Å². The smallest absolute Gasteiger partial charge is 0.260 e. The van der Waals surface area contributed by atoms with Crippen LogP contribution in [-0.2, 0) is 7.05 Å². The zero-order valence-electron chi connectivity index (χ0n) is 11.4. The molecule has 1 N–H and O–H groups in total. The van der Waals surface area contributed by atoms with Crippen molar-refractivity contribution in [2.45, 2.75) is 0 Å². The highest BCUT2D eigenvalue weighted by Crippen LogP contribution is 2.23. The largest absolute Gasteiger partial charge is 0.313 e. The minimum absolute atomic E-state index is 0.0561. The molecule has 0 aliphatic rings. The van der Waals surface area contributed by atoms with Crippen molar-refractivity contribution in [3.8, 4) is 0 Å². The van der Waals surface area contributed by atoms with Gasteiger partial charge in [-0.2, -0.15) is 0 Å². The van der Waals surface area contributed by atoms with Gasteiger partial charge in [0.15, 0.2) is 0 Å². The van der Waals surface area contributed by atoms with Crippen molar-refractivity contribution >= 4 is 50.4 Å². The van der Waals surface area contributed by atoms with Crippen molar-refractivity contribution in [2.75, 3.05) is 5.32 Å². The van der Waals surface area contributed by atoms with Gasteiger partial charge in [0.25, 0.3) is 5.91 Å². The first-order valence-corrected chi connectivity index (χ1v) is 7.51. The van der Waals surface area contributed by atoms with Gasteiger partial charge in [-0.15, -0.1) is 0 Å². The van der Waals surface area contributed by atoms with E-state index in [-0.39, 0.29) is 5.56 Å². The van der Waals surface area contributed by atoms with Crippen molar-refractivity contribution in [3.63, 3.8) is 0 Å². The van der Waals surface area contributed by atoms with Crippen LogP contribution in [-0.4, -0.2) is 15.5 Å². The molecule has 0 radical (unpaired) electrons. The van der Waals surface area contributed by atoms with Crippen LogP contribution in [0.5, 0.6) is 0 Å². The molecule has 0 aliphatic heterocycles. The standard InChI is InChI=1S/C15H10BrClFN3O/c1-21-13-5-3-9(17)7-12(13)19-15(21)20-14(22)10-6-8(16)2-4-11(10)18/h2-7H,1H3,(H,19,20,22). The second-order valence-corrected chi connectivity index (χ2v) is 6.06. The highest BCUT2D eigenvalue weighted by atomic mass is 79.9. The highest BCUT2D eigenvalue weighted by molar-refractivity contribution is 9.10. The number of aromatic nitrogens is 2. The summed E-state index contributed by atoms with van der Waals surface area (Å²) >= 11 is 9.15. The number of hydrogen-bond acceptors (Lipinski definition) is 2. The number of rotatable bonds is 2. The molecule has 1 heterocycles. The quantitative estimate of drug-likeness (QED) is 0.715. The molecule has 112 valence electrons. The number of halogens is 3. The van der Waals surface area contributed by atoms with Crippen LogP contribution in [0.25, 0.3) is 11.0 Å². The Labute approximate surface area is 139 Å². The Hall–Kier alpha value is -1.92. The van der Waals surface area contributed by atoms with Crippen LogP contribution in [0.15, 0.2) is 40.9 Å². The Morgan fingerprint density at radius 3 is 2.86 bits per heavy atom. The molecule has 1 amide bonds. The molecule has 0 bridgehead atoms. The molecule has 3 rings (SSSR count). The van der Waals surface area contributed by atoms with E-state index in [0.29, 0.717) is 21.0 Å². The maximum absolute atomic E-state index is 13.8. The Bertz CT molecular complexity index is 894. The Morgan fingerprint density at radius 2 is 2.09 bits per heavy atom. The third-order valence-electron chi connectivity index (χ3n) is 3.24. The Balaban J connectivity index is 1.97. The summed E-state index contributed by atoms with van der Waals surface area (Å²) in [6.45, 7) is 0. The van der Waals surface area contributed by atoms with Crippen LogP contribution >= 0.6 is 27.5 Å². The van der Waals surface area contributed by atoms with Gasteiger partial charge >= 0.3 is 0 Å². The van der Waals surface area contributed by atoms with E-state index in [9.17, 15) is 9.18 Å². The van der Waals surface area contributed by atoms with E-state index in [1.54, 1.807) is 29.8 Å². The van der Waals surface area contributed by atoms with Gasteiger partial charge in [-0.05, 0) is 36.4 Å². The van der Waals surface area contributed by atoms with E-state index >= 15 is 0 Å². The van der Waals surface area contributed by atoms with Crippen molar-refractivity contribution in [2.24, 2.45) is 7.05 Å². The number of benzene rings is 2. The SMILES string of the molecule is Cn1c(NC(=O)c2cc(Br)ccc2F)nc2cc(Cl)ccc21. The number of nitrogens with zero attached hydrogens (tertiary/aromatic N) is 2. The monoisotopic (exact) mass is 381 g/mol. The topological polar surface area (TPSA) is 46.9 Å². The fraction of sp³-hybridized carbons (Fsp3) is 0.0667. The zero-order chi connectivity index (χ0) is 15.9. The molecule has 0 unspecified atom stereocenters. The van der Waals surface area contributed by atoms with Crippen LogP contribution in [0.3, 0.4) is 0 Å². The predicted octanol–water partition coefficient (Wildman–Crippen LogP) is 4.38. The number of anilines is 1. The molecule has 0 saturated carbocycles. The first-order valence-electron chi connectivity index (χ1n) is 6.34. The molecule has 22 heavy (non-hydrogen) atoms. The van der Waals surface area contributed by atoms with E-state index in [1.165, 1.54) is 18.2 Å². The zero-order valence-corrected chi connectivity index (χ0v) is 13.7. The number of fused-ring (bicyclic) bond motifs is 1. The third-order valence-corrected chi connectivity index (χ3v) is 3.97. The minimum Gasteiger partial charge on any atom is -0.313 e. The molecule has 0 saturated heterocycles. The molecule has 1 aromatic heterocycles. The molecule has 0 atom stereocenters. The van der Waals surface area contributed by atoms with E-state index in [2.05, 4.69) is 26.2 Å². The summed E-state index contributed by atoms with van der Waals surface area (Å²) in [5.41, 5.74) is 1.41. The lowest BCUT2D eigenvalue weighted by molar-refractivity contribution is 0.102. The molecule has 3 aromatic rings. The van der Waals surface area contributed by atoms with Gasteiger partial charge in [0, 0.05) is 16.5 Å².